The molecule has 0 saturated heterocycles. The van der Waals surface area contributed by atoms with Crippen LogP contribution in [0.2, 0.25) is 0 Å². The van der Waals surface area contributed by atoms with Crippen molar-refractivity contribution in [3.8, 4) is 11.5 Å². The topological polar surface area (TPSA) is 43.4 Å². The molecule has 0 fully saturated rings. The standard InChI is InChI=1S/C16H20N2O2.ClH/c1-3-20-16-14(7-4-8-15(16)19-2)12-18-11-13-6-5-9-17-10-13;/h4-10,18H,3,11-12H2,1-2H3;1H/p-1. The van der Waals surface area contributed by atoms with E-state index in [-0.39, 0.29) is 12.4 Å². The van der Waals surface area contributed by atoms with Crippen molar-refractivity contribution in [3.05, 3.63) is 53.9 Å². The Hall–Kier alpha value is -1.78. The number of aromatic nitrogens is 1. The van der Waals surface area contributed by atoms with Crippen LogP contribution in [0.15, 0.2) is 42.7 Å². The number of methoxy groups -OCH3 is 1. The highest BCUT2D eigenvalue weighted by Crippen LogP contribution is 2.30. The number of benzene rings is 1. The molecule has 114 valence electrons. The van der Waals surface area contributed by atoms with Crippen molar-refractivity contribution >= 4 is 0 Å². The van der Waals surface area contributed by atoms with Crippen LogP contribution in [-0.4, -0.2) is 18.7 Å². The van der Waals surface area contributed by atoms with Crippen molar-refractivity contribution in [3.63, 3.8) is 0 Å². The van der Waals surface area contributed by atoms with Gasteiger partial charge in [0.2, 0.25) is 0 Å². The summed E-state index contributed by atoms with van der Waals surface area (Å²) in [7, 11) is 1.66. The minimum Gasteiger partial charge on any atom is -1.00 e. The third-order valence-electron chi connectivity index (χ3n) is 2.94. The van der Waals surface area contributed by atoms with Crippen LogP contribution in [0, 0.1) is 0 Å². The van der Waals surface area contributed by atoms with Crippen LogP contribution in [0.4, 0.5) is 0 Å². The predicted molar refractivity (Wildman–Crippen MR) is 78.9 cm³/mol. The lowest BCUT2D eigenvalue weighted by atomic mass is 10.1. The average molecular weight is 308 g/mol. The van der Waals surface area contributed by atoms with Gasteiger partial charge in [-0.2, -0.15) is 0 Å². The van der Waals surface area contributed by atoms with E-state index in [0.717, 1.165) is 35.7 Å². The second-order valence-corrected chi connectivity index (χ2v) is 4.35. The van der Waals surface area contributed by atoms with Crippen molar-refractivity contribution in [2.75, 3.05) is 13.7 Å². The molecule has 1 aromatic heterocycles. The van der Waals surface area contributed by atoms with Crippen molar-refractivity contribution in [2.24, 2.45) is 0 Å². The fraction of sp³-hybridized carbons (Fsp3) is 0.312. The Kier molecular flexibility index (Phi) is 7.58. The number of hydrogen-bond acceptors (Lipinski definition) is 4. The number of nitrogens with one attached hydrogen (secondary N) is 1. The third kappa shape index (κ3) is 4.92. The van der Waals surface area contributed by atoms with Gasteiger partial charge in [-0.25, -0.2) is 0 Å². The summed E-state index contributed by atoms with van der Waals surface area (Å²) in [5.74, 6) is 1.59. The molecule has 21 heavy (non-hydrogen) atoms. The highest BCUT2D eigenvalue weighted by molar-refractivity contribution is 5.46. The molecule has 0 aliphatic heterocycles. The van der Waals surface area contributed by atoms with Gasteiger partial charge in [0.05, 0.1) is 13.7 Å². The molecular formula is C16H20ClN2O2-. The van der Waals surface area contributed by atoms with Crippen LogP contribution < -0.4 is 27.2 Å². The first-order valence-corrected chi connectivity index (χ1v) is 6.73. The first kappa shape index (κ1) is 17.3. The largest absolute Gasteiger partial charge is 1.00 e. The molecule has 0 bridgehead atoms. The summed E-state index contributed by atoms with van der Waals surface area (Å²) in [5, 5.41) is 3.39. The summed E-state index contributed by atoms with van der Waals surface area (Å²) in [4.78, 5) is 4.10. The minimum absolute atomic E-state index is 0. The third-order valence-corrected chi connectivity index (χ3v) is 2.94. The summed E-state index contributed by atoms with van der Waals surface area (Å²) in [6.07, 6.45) is 3.64. The van der Waals surface area contributed by atoms with E-state index in [9.17, 15) is 0 Å². The monoisotopic (exact) mass is 307 g/mol. The van der Waals surface area contributed by atoms with Crippen molar-refractivity contribution in [1.29, 1.82) is 0 Å². The van der Waals surface area contributed by atoms with Gasteiger partial charge in [-0.3, -0.25) is 4.98 Å². The van der Waals surface area contributed by atoms with E-state index in [1.165, 1.54) is 0 Å². The van der Waals surface area contributed by atoms with Crippen LogP contribution in [0.25, 0.3) is 0 Å². The summed E-state index contributed by atoms with van der Waals surface area (Å²) in [6, 6.07) is 9.92. The highest BCUT2D eigenvalue weighted by Gasteiger charge is 2.09. The smallest absolute Gasteiger partial charge is 0.165 e. The molecule has 4 nitrogen and oxygen atoms in total. The number of halogens is 1. The predicted octanol–water partition coefficient (Wildman–Crippen LogP) is -0.217. The van der Waals surface area contributed by atoms with Gasteiger partial charge in [0, 0.05) is 31.0 Å². The Morgan fingerprint density at radius 3 is 2.67 bits per heavy atom. The van der Waals surface area contributed by atoms with E-state index in [0.29, 0.717) is 6.61 Å². The molecule has 0 aliphatic carbocycles. The van der Waals surface area contributed by atoms with Crippen LogP contribution in [0.3, 0.4) is 0 Å². The van der Waals surface area contributed by atoms with Crippen molar-refractivity contribution in [2.45, 2.75) is 20.0 Å². The number of para-hydroxylation sites is 1. The van der Waals surface area contributed by atoms with Crippen LogP contribution in [-0.2, 0) is 13.1 Å². The zero-order chi connectivity index (χ0) is 14.2. The molecule has 1 aromatic carbocycles. The molecular weight excluding hydrogens is 288 g/mol. The van der Waals surface area contributed by atoms with E-state index >= 15 is 0 Å². The van der Waals surface area contributed by atoms with Gasteiger partial charge in [0.25, 0.3) is 0 Å². The summed E-state index contributed by atoms with van der Waals surface area (Å²) in [5.41, 5.74) is 2.25. The second kappa shape index (κ2) is 9.21. The molecule has 0 unspecified atom stereocenters. The summed E-state index contributed by atoms with van der Waals surface area (Å²) in [6.45, 7) is 4.09. The molecule has 2 aromatic rings. The molecule has 0 atom stereocenters. The maximum atomic E-state index is 5.68. The van der Waals surface area contributed by atoms with Gasteiger partial charge in [-0.15, -0.1) is 0 Å². The number of ether oxygens (including phenoxy) is 2. The van der Waals surface area contributed by atoms with Gasteiger partial charge in [-0.05, 0) is 24.6 Å². The van der Waals surface area contributed by atoms with Crippen LogP contribution >= 0.6 is 0 Å². The van der Waals surface area contributed by atoms with Gasteiger partial charge < -0.3 is 27.2 Å². The first-order valence-electron chi connectivity index (χ1n) is 6.73. The van der Waals surface area contributed by atoms with Crippen molar-refractivity contribution < 1.29 is 21.9 Å². The Balaban J connectivity index is 0.00000220. The zero-order valence-corrected chi connectivity index (χ0v) is 13.1. The van der Waals surface area contributed by atoms with Crippen LogP contribution in [0.5, 0.6) is 11.5 Å². The molecule has 0 spiro atoms. The quantitative estimate of drug-likeness (QED) is 0.768. The molecule has 2 rings (SSSR count). The SMILES string of the molecule is CCOc1c(CNCc2cccnc2)cccc1OC.[Cl-]. The molecule has 0 amide bonds. The van der Waals surface area contributed by atoms with E-state index in [1.54, 1.807) is 13.3 Å². The maximum absolute atomic E-state index is 5.68. The van der Waals surface area contributed by atoms with Gasteiger partial charge in [0.1, 0.15) is 0 Å². The molecule has 0 saturated carbocycles. The van der Waals surface area contributed by atoms with Gasteiger partial charge >= 0.3 is 0 Å². The highest BCUT2D eigenvalue weighted by atomic mass is 35.5. The number of nitrogens with zero attached hydrogens (tertiary/aromatic N) is 1. The average Bonchev–Trinajstić information content (AvgIpc) is 2.50. The lowest BCUT2D eigenvalue weighted by molar-refractivity contribution is -0.00000490. The lowest BCUT2D eigenvalue weighted by Gasteiger charge is -2.14. The minimum atomic E-state index is 0. The van der Waals surface area contributed by atoms with E-state index in [4.69, 9.17) is 9.47 Å². The number of rotatable bonds is 7. The molecule has 0 aliphatic rings. The summed E-state index contributed by atoms with van der Waals surface area (Å²) < 4.78 is 11.0. The fourth-order valence-corrected chi connectivity index (χ4v) is 2.01. The lowest BCUT2D eigenvalue weighted by Crippen LogP contribution is -3.00. The Labute approximate surface area is 131 Å². The van der Waals surface area contributed by atoms with E-state index in [1.807, 2.05) is 37.4 Å². The maximum Gasteiger partial charge on any atom is 0.165 e. The van der Waals surface area contributed by atoms with Gasteiger partial charge in [0.15, 0.2) is 11.5 Å². The van der Waals surface area contributed by atoms with E-state index in [2.05, 4.69) is 16.4 Å². The molecule has 1 heterocycles. The van der Waals surface area contributed by atoms with Crippen LogP contribution in [0.1, 0.15) is 18.1 Å². The Bertz CT molecular complexity index is 535. The first-order chi connectivity index (χ1) is 9.85. The Morgan fingerprint density at radius 2 is 2.00 bits per heavy atom. The van der Waals surface area contributed by atoms with E-state index < -0.39 is 0 Å². The molecule has 0 radical (unpaired) electrons. The van der Waals surface area contributed by atoms with Crippen molar-refractivity contribution in [1.82, 2.24) is 10.3 Å². The Morgan fingerprint density at radius 1 is 1.14 bits per heavy atom. The second-order valence-electron chi connectivity index (χ2n) is 4.35. The van der Waals surface area contributed by atoms with Gasteiger partial charge in [-0.1, -0.05) is 18.2 Å². The molecule has 1 N–H and O–H groups in total. The number of pyridine rings is 1. The zero-order valence-electron chi connectivity index (χ0n) is 12.3. The summed E-state index contributed by atoms with van der Waals surface area (Å²) >= 11 is 0. The number of hydrogen-bond donors (Lipinski definition) is 1. The molecule has 5 heteroatoms. The normalized spacial score (nSPS) is 9.81. The fourth-order valence-electron chi connectivity index (χ4n) is 2.01.